The largest absolute Gasteiger partial charge is 0.371 e. The summed E-state index contributed by atoms with van der Waals surface area (Å²) < 4.78 is 18.7. The van der Waals surface area contributed by atoms with Crippen LogP contribution in [0.1, 0.15) is 18.7 Å². The molecule has 0 unspecified atom stereocenters. The van der Waals surface area contributed by atoms with Crippen molar-refractivity contribution in [3.63, 3.8) is 0 Å². The summed E-state index contributed by atoms with van der Waals surface area (Å²) >= 11 is 0. The molecule has 0 aliphatic carbocycles. The van der Waals surface area contributed by atoms with Gasteiger partial charge in [0.2, 0.25) is 0 Å². The molecular formula is C22H27FIN7O. The number of nitrogens with zero attached hydrogens (tertiary/aromatic N) is 5. The average molecular weight is 551 g/mol. The van der Waals surface area contributed by atoms with Gasteiger partial charge in [-0.25, -0.2) is 4.39 Å². The molecule has 0 amide bonds. The van der Waals surface area contributed by atoms with E-state index < -0.39 is 0 Å². The van der Waals surface area contributed by atoms with Gasteiger partial charge in [-0.3, -0.25) is 9.98 Å². The summed E-state index contributed by atoms with van der Waals surface area (Å²) in [5.74, 6) is 1.59. The van der Waals surface area contributed by atoms with E-state index in [1.54, 1.807) is 25.4 Å². The molecule has 0 atom stereocenters. The number of rotatable bonds is 6. The third kappa shape index (κ3) is 6.38. The lowest BCUT2D eigenvalue weighted by molar-refractivity contribution is 0.421. The Labute approximate surface area is 203 Å². The van der Waals surface area contributed by atoms with Gasteiger partial charge >= 0.3 is 0 Å². The van der Waals surface area contributed by atoms with Crippen molar-refractivity contribution >= 4 is 35.6 Å². The second-order valence-corrected chi connectivity index (χ2v) is 7.37. The van der Waals surface area contributed by atoms with E-state index >= 15 is 0 Å². The Kier molecular flexibility index (Phi) is 8.77. The van der Waals surface area contributed by atoms with Gasteiger partial charge in [-0.05, 0) is 43.2 Å². The number of halogens is 2. The molecule has 0 bridgehead atoms. The highest BCUT2D eigenvalue weighted by atomic mass is 127. The first-order chi connectivity index (χ1) is 15.2. The fraction of sp³-hybridized carbons (Fsp3) is 0.364. The fourth-order valence-electron chi connectivity index (χ4n) is 3.58. The summed E-state index contributed by atoms with van der Waals surface area (Å²) in [6, 6.07) is 12.6. The molecule has 1 aromatic carbocycles. The van der Waals surface area contributed by atoms with Crippen LogP contribution in [0.5, 0.6) is 0 Å². The van der Waals surface area contributed by atoms with Crippen LogP contribution in [-0.4, -0.2) is 53.8 Å². The maximum Gasteiger partial charge on any atom is 0.276 e. The van der Waals surface area contributed by atoms with Crippen molar-refractivity contribution in [1.29, 1.82) is 0 Å². The van der Waals surface area contributed by atoms with Gasteiger partial charge in [0.05, 0.1) is 0 Å². The van der Waals surface area contributed by atoms with Crippen LogP contribution in [0.4, 0.5) is 10.1 Å². The second-order valence-electron chi connectivity index (χ2n) is 7.37. The normalized spacial score (nSPS) is 14.7. The zero-order chi connectivity index (χ0) is 21.5. The number of guanidine groups is 1. The highest BCUT2D eigenvalue weighted by molar-refractivity contribution is 14.0. The molecule has 8 nitrogen and oxygen atoms in total. The zero-order valence-electron chi connectivity index (χ0n) is 17.9. The van der Waals surface area contributed by atoms with Gasteiger partial charge in [-0.15, -0.1) is 24.0 Å². The molecule has 32 heavy (non-hydrogen) atoms. The Morgan fingerprint density at radius 3 is 2.78 bits per heavy atom. The molecular weight excluding hydrogens is 524 g/mol. The summed E-state index contributed by atoms with van der Waals surface area (Å²) in [6.45, 7) is 2.37. The molecule has 1 aliphatic rings. The lowest BCUT2D eigenvalue weighted by Gasteiger charge is -2.34. The van der Waals surface area contributed by atoms with E-state index in [2.05, 4.69) is 35.7 Å². The minimum absolute atomic E-state index is 0. The van der Waals surface area contributed by atoms with Crippen LogP contribution in [0.25, 0.3) is 11.6 Å². The Bertz CT molecular complexity index is 1010. The summed E-state index contributed by atoms with van der Waals surface area (Å²) in [5, 5.41) is 10.8. The standard InChI is InChI=1S/C22H26FN7O.HI/c1-24-22(26-12-8-20-28-21(31-29-20)19-7-2-3-11-25-19)27-17-9-13-30(14-10-17)18-6-4-5-16(23)15-18;/h2-7,11,15,17H,8-10,12-14H2,1H3,(H2,24,26,27);1H. The molecule has 0 saturated carbocycles. The van der Waals surface area contributed by atoms with Crippen LogP contribution in [0.3, 0.4) is 0 Å². The van der Waals surface area contributed by atoms with Crippen LogP contribution in [0.15, 0.2) is 58.2 Å². The second kappa shape index (κ2) is 11.7. The molecule has 1 fully saturated rings. The molecule has 2 N–H and O–H groups in total. The van der Waals surface area contributed by atoms with Crippen LogP contribution in [0.2, 0.25) is 0 Å². The van der Waals surface area contributed by atoms with Gasteiger partial charge in [0.25, 0.3) is 5.89 Å². The Morgan fingerprint density at radius 1 is 1.22 bits per heavy atom. The van der Waals surface area contributed by atoms with E-state index in [1.807, 2.05) is 24.3 Å². The van der Waals surface area contributed by atoms with Crippen LogP contribution >= 0.6 is 24.0 Å². The van der Waals surface area contributed by atoms with E-state index in [0.29, 0.717) is 36.4 Å². The molecule has 0 spiro atoms. The highest BCUT2D eigenvalue weighted by Gasteiger charge is 2.20. The minimum Gasteiger partial charge on any atom is -0.371 e. The minimum atomic E-state index is -0.198. The first-order valence-corrected chi connectivity index (χ1v) is 10.4. The van der Waals surface area contributed by atoms with Crippen molar-refractivity contribution < 1.29 is 8.91 Å². The Balaban J connectivity index is 0.00000289. The molecule has 3 heterocycles. The first-order valence-electron chi connectivity index (χ1n) is 10.4. The third-order valence-corrected chi connectivity index (χ3v) is 5.23. The van der Waals surface area contributed by atoms with Gasteiger partial charge in [0, 0.05) is 51.0 Å². The number of pyridine rings is 1. The van der Waals surface area contributed by atoms with Gasteiger partial charge in [0.1, 0.15) is 11.5 Å². The zero-order valence-corrected chi connectivity index (χ0v) is 20.2. The number of piperidine rings is 1. The van der Waals surface area contributed by atoms with Crippen molar-refractivity contribution in [2.75, 3.05) is 31.6 Å². The summed E-state index contributed by atoms with van der Waals surface area (Å²) in [7, 11) is 1.75. The molecule has 170 valence electrons. The van der Waals surface area contributed by atoms with E-state index in [0.717, 1.165) is 37.6 Å². The molecule has 1 saturated heterocycles. The van der Waals surface area contributed by atoms with Crippen LogP contribution in [0, 0.1) is 5.82 Å². The van der Waals surface area contributed by atoms with E-state index in [9.17, 15) is 4.39 Å². The molecule has 1 aliphatic heterocycles. The van der Waals surface area contributed by atoms with Gasteiger partial charge in [0.15, 0.2) is 11.8 Å². The molecule has 4 rings (SSSR count). The van der Waals surface area contributed by atoms with E-state index in [4.69, 9.17) is 4.52 Å². The Hall–Kier alpha value is -2.76. The number of hydrogen-bond acceptors (Lipinski definition) is 6. The first kappa shape index (κ1) is 23.9. The van der Waals surface area contributed by atoms with E-state index in [-0.39, 0.29) is 29.8 Å². The number of aliphatic imine (C=N–C) groups is 1. The monoisotopic (exact) mass is 551 g/mol. The van der Waals surface area contributed by atoms with Crippen molar-refractivity contribution in [3.05, 3.63) is 60.3 Å². The van der Waals surface area contributed by atoms with Crippen molar-refractivity contribution in [2.45, 2.75) is 25.3 Å². The smallest absolute Gasteiger partial charge is 0.276 e. The highest BCUT2D eigenvalue weighted by Crippen LogP contribution is 2.20. The number of aromatic nitrogens is 3. The predicted octanol–water partition coefficient (Wildman–Crippen LogP) is 3.27. The lowest BCUT2D eigenvalue weighted by atomic mass is 10.0. The van der Waals surface area contributed by atoms with Crippen molar-refractivity contribution in [1.82, 2.24) is 25.8 Å². The maximum absolute atomic E-state index is 13.5. The molecule has 3 aromatic rings. The number of benzene rings is 1. The molecule has 10 heteroatoms. The average Bonchev–Trinajstić information content (AvgIpc) is 3.28. The SMILES string of the molecule is CN=C(NCCc1noc(-c2ccccn2)n1)NC1CCN(c2cccc(F)c2)CC1.I. The third-order valence-electron chi connectivity index (χ3n) is 5.23. The molecule has 2 aromatic heterocycles. The summed E-state index contributed by atoms with van der Waals surface area (Å²) in [6.07, 6.45) is 4.21. The van der Waals surface area contributed by atoms with Gasteiger partial charge < -0.3 is 20.1 Å². The van der Waals surface area contributed by atoms with E-state index in [1.165, 1.54) is 6.07 Å². The summed E-state index contributed by atoms with van der Waals surface area (Å²) in [5.41, 5.74) is 1.60. The van der Waals surface area contributed by atoms with Crippen molar-refractivity contribution in [2.24, 2.45) is 4.99 Å². The maximum atomic E-state index is 13.5. The van der Waals surface area contributed by atoms with Crippen LogP contribution < -0.4 is 15.5 Å². The number of nitrogens with one attached hydrogen (secondary N) is 2. The van der Waals surface area contributed by atoms with Crippen molar-refractivity contribution in [3.8, 4) is 11.6 Å². The van der Waals surface area contributed by atoms with Crippen LogP contribution in [-0.2, 0) is 6.42 Å². The predicted molar refractivity (Wildman–Crippen MR) is 133 cm³/mol. The quantitative estimate of drug-likeness (QED) is 0.276. The Morgan fingerprint density at radius 2 is 2.06 bits per heavy atom. The lowest BCUT2D eigenvalue weighted by Crippen LogP contribution is -2.49. The number of hydrogen-bond donors (Lipinski definition) is 2. The summed E-state index contributed by atoms with van der Waals surface area (Å²) in [4.78, 5) is 15.1. The molecule has 0 radical (unpaired) electrons. The van der Waals surface area contributed by atoms with Gasteiger partial charge in [-0.1, -0.05) is 17.3 Å². The number of anilines is 1. The fourth-order valence-corrected chi connectivity index (χ4v) is 3.58. The van der Waals surface area contributed by atoms with Gasteiger partial charge in [-0.2, -0.15) is 4.98 Å². The topological polar surface area (TPSA) is 91.5 Å².